The molecule has 0 amide bonds. The van der Waals surface area contributed by atoms with Gasteiger partial charge in [-0.3, -0.25) is 0 Å². The van der Waals surface area contributed by atoms with E-state index in [2.05, 4.69) is 12.7 Å². The first-order valence-corrected chi connectivity index (χ1v) is 4.02. The van der Waals surface area contributed by atoms with Crippen LogP contribution >= 0.6 is 0 Å². The van der Waals surface area contributed by atoms with Gasteiger partial charge in [0.05, 0.1) is 0 Å². The first-order chi connectivity index (χ1) is 4.40. The van der Waals surface area contributed by atoms with Crippen molar-refractivity contribution in [3.63, 3.8) is 0 Å². The number of allylic oxidation sites excluding steroid dienone is 1. The van der Waals surface area contributed by atoms with Crippen LogP contribution in [-0.4, -0.2) is 0 Å². The molecule has 0 unspecified atom stereocenters. The smallest absolute Gasteiger partial charge is 0.0205 e. The lowest BCUT2D eigenvalue weighted by Crippen LogP contribution is -2.06. The highest BCUT2D eigenvalue weighted by molar-refractivity contribution is 4.97. The molecule has 0 spiro atoms. The van der Waals surface area contributed by atoms with Gasteiger partial charge in [-0.25, -0.2) is 0 Å². The Labute approximate surface area is 57.0 Å². The molecule has 2 fully saturated rings. The molecule has 2 aliphatic carbocycles. The maximum absolute atomic E-state index is 3.86. The van der Waals surface area contributed by atoms with Crippen molar-refractivity contribution in [3.05, 3.63) is 12.7 Å². The van der Waals surface area contributed by atoms with Gasteiger partial charge in [0.1, 0.15) is 0 Å². The van der Waals surface area contributed by atoms with Crippen molar-refractivity contribution in [2.75, 3.05) is 0 Å². The number of fused-ring (bicyclic) bond motifs is 2. The van der Waals surface area contributed by atoms with Crippen molar-refractivity contribution < 1.29 is 0 Å². The Bertz CT molecular complexity index is 126. The molecule has 0 heteroatoms. The van der Waals surface area contributed by atoms with Crippen LogP contribution in [0, 0.1) is 17.8 Å². The second-order valence-corrected chi connectivity index (χ2v) is 3.57. The minimum absolute atomic E-state index is 0.892. The molecule has 0 aliphatic heterocycles. The Kier molecular flexibility index (Phi) is 1.14. The van der Waals surface area contributed by atoms with E-state index in [9.17, 15) is 0 Å². The van der Waals surface area contributed by atoms with Crippen molar-refractivity contribution in [2.24, 2.45) is 17.8 Å². The Morgan fingerprint density at radius 2 is 2.11 bits per heavy atom. The molecule has 2 bridgehead atoms. The monoisotopic (exact) mass is 122 g/mol. The van der Waals surface area contributed by atoms with E-state index in [4.69, 9.17) is 0 Å². The van der Waals surface area contributed by atoms with Gasteiger partial charge in [-0.15, -0.1) is 6.58 Å². The molecule has 0 heterocycles. The highest BCUT2D eigenvalue weighted by atomic mass is 14.4. The molecule has 0 saturated heterocycles. The minimum atomic E-state index is 0.892. The lowest BCUT2D eigenvalue weighted by molar-refractivity contribution is 0.395. The number of hydrogen-bond donors (Lipinski definition) is 0. The lowest BCUT2D eigenvalue weighted by Gasteiger charge is -2.16. The quantitative estimate of drug-likeness (QED) is 0.469. The fourth-order valence-electron chi connectivity index (χ4n) is 2.58. The Balaban J connectivity index is 2.09. The number of rotatable bonds is 1. The summed E-state index contributed by atoms with van der Waals surface area (Å²) in [5.74, 6) is 3.01. The van der Waals surface area contributed by atoms with E-state index >= 15 is 0 Å². The van der Waals surface area contributed by atoms with E-state index in [0.717, 1.165) is 17.8 Å². The molecule has 0 nitrogen and oxygen atoms in total. The summed E-state index contributed by atoms with van der Waals surface area (Å²) in [6.07, 6.45) is 8.13. The van der Waals surface area contributed by atoms with Gasteiger partial charge in [-0.1, -0.05) is 12.5 Å². The summed E-state index contributed by atoms with van der Waals surface area (Å²) in [6, 6.07) is 0. The van der Waals surface area contributed by atoms with Crippen LogP contribution in [0.3, 0.4) is 0 Å². The molecule has 50 valence electrons. The molecule has 0 aromatic carbocycles. The van der Waals surface area contributed by atoms with E-state index in [-0.39, 0.29) is 0 Å². The zero-order valence-corrected chi connectivity index (χ0v) is 5.84. The largest absolute Gasteiger partial charge is 0.103 e. The Morgan fingerprint density at radius 3 is 2.44 bits per heavy atom. The van der Waals surface area contributed by atoms with Crippen molar-refractivity contribution in [1.29, 1.82) is 0 Å². The third-order valence-corrected chi connectivity index (χ3v) is 3.10. The maximum Gasteiger partial charge on any atom is -0.0205 e. The summed E-state index contributed by atoms with van der Waals surface area (Å²) < 4.78 is 0. The van der Waals surface area contributed by atoms with Crippen LogP contribution in [0.1, 0.15) is 25.7 Å². The average Bonchev–Trinajstić information content (AvgIpc) is 2.45. The van der Waals surface area contributed by atoms with Crippen molar-refractivity contribution >= 4 is 0 Å². The highest BCUT2D eigenvalue weighted by Crippen LogP contribution is 2.48. The molecular weight excluding hydrogens is 108 g/mol. The average molecular weight is 122 g/mol. The van der Waals surface area contributed by atoms with E-state index in [1.807, 2.05) is 0 Å². The van der Waals surface area contributed by atoms with Gasteiger partial charge >= 0.3 is 0 Å². The van der Waals surface area contributed by atoms with Gasteiger partial charge in [-0.2, -0.15) is 0 Å². The van der Waals surface area contributed by atoms with Crippen LogP contribution in [0.15, 0.2) is 12.7 Å². The summed E-state index contributed by atoms with van der Waals surface area (Å²) in [5.41, 5.74) is 0. The second-order valence-electron chi connectivity index (χ2n) is 3.57. The molecular formula is C9H14. The van der Waals surface area contributed by atoms with Crippen molar-refractivity contribution in [3.8, 4) is 0 Å². The molecule has 0 aromatic heterocycles. The maximum atomic E-state index is 3.86. The SMILES string of the molecule is C=C[C@@H]1C[C@H]2CC[C@H]1C2. The van der Waals surface area contributed by atoms with Gasteiger partial charge in [0.15, 0.2) is 0 Å². The summed E-state index contributed by atoms with van der Waals surface area (Å²) >= 11 is 0. The van der Waals surface area contributed by atoms with Crippen LogP contribution in [0.5, 0.6) is 0 Å². The predicted molar refractivity (Wildman–Crippen MR) is 39.1 cm³/mol. The van der Waals surface area contributed by atoms with Gasteiger partial charge in [0.2, 0.25) is 0 Å². The second kappa shape index (κ2) is 1.86. The van der Waals surface area contributed by atoms with Crippen molar-refractivity contribution in [1.82, 2.24) is 0 Å². The van der Waals surface area contributed by atoms with Crippen LogP contribution in [0.25, 0.3) is 0 Å². The summed E-state index contributed by atoms with van der Waals surface area (Å²) in [6.45, 7) is 3.86. The van der Waals surface area contributed by atoms with Gasteiger partial charge < -0.3 is 0 Å². The van der Waals surface area contributed by atoms with Crippen LogP contribution in [-0.2, 0) is 0 Å². The lowest BCUT2D eigenvalue weighted by atomic mass is 9.89. The summed E-state index contributed by atoms with van der Waals surface area (Å²) in [7, 11) is 0. The third kappa shape index (κ3) is 0.726. The van der Waals surface area contributed by atoms with Gasteiger partial charge in [-0.05, 0) is 37.0 Å². The number of hydrogen-bond acceptors (Lipinski definition) is 0. The normalized spacial score (nSPS) is 47.8. The minimum Gasteiger partial charge on any atom is -0.103 e. The van der Waals surface area contributed by atoms with Gasteiger partial charge in [0, 0.05) is 0 Å². The zero-order valence-electron chi connectivity index (χ0n) is 5.84. The Morgan fingerprint density at radius 1 is 1.22 bits per heavy atom. The predicted octanol–water partition coefficient (Wildman–Crippen LogP) is 2.61. The van der Waals surface area contributed by atoms with E-state index in [0.29, 0.717) is 0 Å². The van der Waals surface area contributed by atoms with E-state index < -0.39 is 0 Å². The fourth-order valence-corrected chi connectivity index (χ4v) is 2.58. The topological polar surface area (TPSA) is 0 Å². The molecule has 2 aliphatic rings. The van der Waals surface area contributed by atoms with E-state index in [1.165, 1.54) is 25.7 Å². The van der Waals surface area contributed by atoms with Crippen LogP contribution in [0.2, 0.25) is 0 Å². The Hall–Kier alpha value is -0.260. The first kappa shape index (κ1) is 5.52. The van der Waals surface area contributed by atoms with Gasteiger partial charge in [0.25, 0.3) is 0 Å². The molecule has 2 saturated carbocycles. The molecule has 2 rings (SSSR count). The van der Waals surface area contributed by atoms with Crippen LogP contribution < -0.4 is 0 Å². The van der Waals surface area contributed by atoms with Crippen LogP contribution in [0.4, 0.5) is 0 Å². The molecule has 9 heavy (non-hydrogen) atoms. The summed E-state index contributed by atoms with van der Waals surface area (Å²) in [4.78, 5) is 0. The first-order valence-electron chi connectivity index (χ1n) is 4.02. The highest BCUT2D eigenvalue weighted by Gasteiger charge is 2.37. The fraction of sp³-hybridized carbons (Fsp3) is 0.778. The molecule has 0 aromatic rings. The molecule has 0 N–H and O–H groups in total. The third-order valence-electron chi connectivity index (χ3n) is 3.10. The zero-order chi connectivity index (χ0) is 6.27. The summed E-state index contributed by atoms with van der Waals surface area (Å²) in [5, 5.41) is 0. The molecule has 3 atom stereocenters. The van der Waals surface area contributed by atoms with Crippen molar-refractivity contribution in [2.45, 2.75) is 25.7 Å². The van der Waals surface area contributed by atoms with E-state index in [1.54, 1.807) is 0 Å². The standard InChI is InChI=1S/C9H14/c1-2-8-5-7-3-4-9(8)6-7/h2,7-9H,1,3-6H2/t7-,8-,9+/m1/s1. The molecule has 0 radical (unpaired) electrons.